The van der Waals surface area contributed by atoms with Crippen LogP contribution in [0.15, 0.2) is 0 Å². The van der Waals surface area contributed by atoms with Gasteiger partial charge in [0.2, 0.25) is 0 Å². The largest absolute Gasteiger partial charge is 0.481 e. The summed E-state index contributed by atoms with van der Waals surface area (Å²) in [5, 5.41) is 26.2. The number of likely N-dealkylation sites (tertiary alicyclic amines) is 1. The molecule has 0 aromatic rings. The Labute approximate surface area is 86.7 Å². The number of piperidine rings is 1. The maximum atomic E-state index is 10.8. The van der Waals surface area contributed by atoms with E-state index in [9.17, 15) is 9.59 Å². The monoisotopic (exact) mass is 212 g/mol. The first-order valence-corrected chi connectivity index (χ1v) is 4.63. The van der Waals surface area contributed by atoms with E-state index in [1.54, 1.807) is 0 Å². The van der Waals surface area contributed by atoms with Crippen molar-refractivity contribution in [1.29, 1.82) is 5.26 Å². The van der Waals surface area contributed by atoms with Crippen LogP contribution in [-0.4, -0.2) is 46.2 Å². The number of carboxylic acid groups (broad SMARTS) is 2. The maximum Gasteiger partial charge on any atom is 0.320 e. The van der Waals surface area contributed by atoms with Crippen LogP contribution in [0, 0.1) is 17.2 Å². The Morgan fingerprint density at radius 2 is 2.00 bits per heavy atom. The van der Waals surface area contributed by atoms with Gasteiger partial charge in [0.1, 0.15) is 6.04 Å². The van der Waals surface area contributed by atoms with Crippen molar-refractivity contribution in [2.24, 2.45) is 5.92 Å². The lowest BCUT2D eigenvalue weighted by atomic mass is 9.93. The van der Waals surface area contributed by atoms with E-state index in [1.165, 1.54) is 4.90 Å². The molecule has 2 N–H and O–H groups in total. The number of aliphatic carboxylic acids is 2. The first-order valence-electron chi connectivity index (χ1n) is 4.63. The minimum absolute atomic E-state index is 0.0409. The predicted octanol–water partition coefficient (Wildman–Crippen LogP) is -0.240. The van der Waals surface area contributed by atoms with Crippen LogP contribution >= 0.6 is 0 Å². The lowest BCUT2D eigenvalue weighted by molar-refractivity contribution is -0.151. The summed E-state index contributed by atoms with van der Waals surface area (Å²) in [6.07, 6.45) is 0.641. The number of carbonyl (C=O) groups is 2. The molecular formula is C9H12N2O4. The van der Waals surface area contributed by atoms with Gasteiger partial charge in [0, 0.05) is 6.54 Å². The van der Waals surface area contributed by atoms with Gasteiger partial charge >= 0.3 is 11.9 Å². The molecule has 15 heavy (non-hydrogen) atoms. The zero-order chi connectivity index (χ0) is 11.4. The van der Waals surface area contributed by atoms with E-state index in [1.807, 2.05) is 6.07 Å². The van der Waals surface area contributed by atoms with E-state index in [4.69, 9.17) is 15.5 Å². The lowest BCUT2D eigenvalue weighted by Crippen LogP contribution is -2.49. The molecule has 2 unspecified atom stereocenters. The second-order valence-electron chi connectivity index (χ2n) is 3.55. The van der Waals surface area contributed by atoms with Crippen LogP contribution in [0.2, 0.25) is 0 Å². The number of nitriles is 1. The highest BCUT2D eigenvalue weighted by Crippen LogP contribution is 2.22. The molecule has 0 saturated carbocycles. The quantitative estimate of drug-likeness (QED) is 0.626. The van der Waals surface area contributed by atoms with E-state index in [-0.39, 0.29) is 19.5 Å². The highest BCUT2D eigenvalue weighted by Gasteiger charge is 2.35. The molecule has 1 heterocycles. The van der Waals surface area contributed by atoms with Gasteiger partial charge in [0.15, 0.2) is 0 Å². The molecule has 82 valence electrons. The van der Waals surface area contributed by atoms with Crippen LogP contribution in [0.4, 0.5) is 0 Å². The summed E-state index contributed by atoms with van der Waals surface area (Å²) in [7, 11) is 0. The smallest absolute Gasteiger partial charge is 0.320 e. The van der Waals surface area contributed by atoms with E-state index < -0.39 is 23.9 Å². The summed E-state index contributed by atoms with van der Waals surface area (Å²) in [6, 6.07) is 1.13. The zero-order valence-electron chi connectivity index (χ0n) is 8.09. The molecular weight excluding hydrogens is 200 g/mol. The van der Waals surface area contributed by atoms with Gasteiger partial charge in [-0.15, -0.1) is 0 Å². The molecule has 6 heteroatoms. The molecule has 0 aliphatic carbocycles. The first-order chi connectivity index (χ1) is 7.06. The molecule has 0 bridgehead atoms. The third-order valence-corrected chi connectivity index (χ3v) is 2.59. The summed E-state index contributed by atoms with van der Waals surface area (Å²) in [5.74, 6) is -2.48. The van der Waals surface area contributed by atoms with Gasteiger partial charge in [0.05, 0.1) is 18.5 Å². The van der Waals surface area contributed by atoms with Crippen molar-refractivity contribution in [3.05, 3.63) is 0 Å². The topological polar surface area (TPSA) is 102 Å². The van der Waals surface area contributed by atoms with Crippen molar-refractivity contribution < 1.29 is 19.8 Å². The molecule has 2 atom stereocenters. The summed E-state index contributed by atoms with van der Waals surface area (Å²) in [6.45, 7) is 0.0978. The molecule has 1 aliphatic rings. The standard InChI is InChI=1S/C9H12N2O4/c10-3-4-11-5-6(8(12)13)1-2-7(11)9(14)15/h6-7H,1-2,4-5H2,(H,12,13)(H,14,15). The Kier molecular flexibility index (Phi) is 3.63. The van der Waals surface area contributed by atoms with E-state index in [0.717, 1.165) is 0 Å². The van der Waals surface area contributed by atoms with Crippen molar-refractivity contribution >= 4 is 11.9 Å². The number of hydrogen-bond acceptors (Lipinski definition) is 4. The van der Waals surface area contributed by atoms with Crippen molar-refractivity contribution in [3.63, 3.8) is 0 Å². The molecule has 0 aromatic heterocycles. The van der Waals surface area contributed by atoms with Crippen LogP contribution in [-0.2, 0) is 9.59 Å². The second-order valence-corrected chi connectivity index (χ2v) is 3.55. The highest BCUT2D eigenvalue weighted by atomic mass is 16.4. The van der Waals surface area contributed by atoms with Gasteiger partial charge < -0.3 is 10.2 Å². The van der Waals surface area contributed by atoms with Crippen LogP contribution in [0.5, 0.6) is 0 Å². The molecule has 0 spiro atoms. The maximum absolute atomic E-state index is 10.8. The summed E-state index contributed by atoms with van der Waals surface area (Å²) in [4.78, 5) is 22.9. The lowest BCUT2D eigenvalue weighted by Gasteiger charge is -2.34. The Balaban J connectivity index is 2.69. The molecule has 1 aliphatic heterocycles. The predicted molar refractivity (Wildman–Crippen MR) is 49.0 cm³/mol. The van der Waals surface area contributed by atoms with Crippen molar-refractivity contribution in [2.45, 2.75) is 18.9 Å². The minimum Gasteiger partial charge on any atom is -0.481 e. The average molecular weight is 212 g/mol. The third kappa shape index (κ3) is 2.67. The number of rotatable bonds is 3. The molecule has 1 rings (SSSR count). The highest BCUT2D eigenvalue weighted by molar-refractivity contribution is 5.75. The van der Waals surface area contributed by atoms with Crippen LogP contribution in [0.3, 0.4) is 0 Å². The Morgan fingerprint density at radius 1 is 1.33 bits per heavy atom. The van der Waals surface area contributed by atoms with E-state index in [2.05, 4.69) is 0 Å². The fourth-order valence-electron chi connectivity index (χ4n) is 1.79. The fourth-order valence-corrected chi connectivity index (χ4v) is 1.79. The normalized spacial score (nSPS) is 26.9. The van der Waals surface area contributed by atoms with Gasteiger partial charge in [-0.3, -0.25) is 14.5 Å². The van der Waals surface area contributed by atoms with Gasteiger partial charge in [0.25, 0.3) is 0 Å². The SMILES string of the molecule is N#CCN1CC(C(=O)O)CCC1C(=O)O. The summed E-state index contributed by atoms with van der Waals surface area (Å²) in [5.41, 5.74) is 0. The number of carboxylic acids is 2. The number of hydrogen-bond donors (Lipinski definition) is 2. The van der Waals surface area contributed by atoms with Crippen LogP contribution in [0.25, 0.3) is 0 Å². The molecule has 0 amide bonds. The minimum atomic E-state index is -0.992. The van der Waals surface area contributed by atoms with Gasteiger partial charge in [-0.25, -0.2) is 0 Å². The van der Waals surface area contributed by atoms with E-state index >= 15 is 0 Å². The molecule has 1 saturated heterocycles. The Bertz CT molecular complexity index is 310. The van der Waals surface area contributed by atoms with Gasteiger partial charge in [-0.2, -0.15) is 5.26 Å². The molecule has 1 fully saturated rings. The summed E-state index contributed by atoms with van der Waals surface area (Å²) < 4.78 is 0. The van der Waals surface area contributed by atoms with Crippen molar-refractivity contribution in [2.75, 3.05) is 13.1 Å². The van der Waals surface area contributed by atoms with Crippen LogP contribution < -0.4 is 0 Å². The van der Waals surface area contributed by atoms with Crippen molar-refractivity contribution in [1.82, 2.24) is 4.90 Å². The second kappa shape index (κ2) is 4.75. The molecule has 6 nitrogen and oxygen atoms in total. The molecule has 0 radical (unpaired) electrons. The third-order valence-electron chi connectivity index (χ3n) is 2.59. The first kappa shape index (κ1) is 11.5. The van der Waals surface area contributed by atoms with Crippen LogP contribution in [0.1, 0.15) is 12.8 Å². The summed E-state index contributed by atoms with van der Waals surface area (Å²) >= 11 is 0. The fraction of sp³-hybridized carbons (Fsp3) is 0.667. The average Bonchev–Trinajstić information content (AvgIpc) is 2.17. The molecule has 0 aromatic carbocycles. The Hall–Kier alpha value is -1.61. The van der Waals surface area contributed by atoms with E-state index in [0.29, 0.717) is 6.42 Å². The van der Waals surface area contributed by atoms with Gasteiger partial charge in [-0.05, 0) is 12.8 Å². The number of nitrogens with zero attached hydrogens (tertiary/aromatic N) is 2. The van der Waals surface area contributed by atoms with Crippen molar-refractivity contribution in [3.8, 4) is 6.07 Å². The van der Waals surface area contributed by atoms with Gasteiger partial charge in [-0.1, -0.05) is 0 Å². The Morgan fingerprint density at radius 3 is 2.47 bits per heavy atom. The zero-order valence-corrected chi connectivity index (χ0v) is 8.09.